The number of tetrazole rings is 1. The highest BCUT2D eigenvalue weighted by molar-refractivity contribution is 5.48. The topological polar surface area (TPSA) is 50.1 Å². The number of anilines is 2. The number of para-hydroxylation sites is 1. The number of aromatic nitrogens is 4. The van der Waals surface area contributed by atoms with Gasteiger partial charge in [-0.1, -0.05) is 35.4 Å². The highest BCUT2D eigenvalue weighted by Gasteiger charge is 2.13. The van der Waals surface area contributed by atoms with Crippen molar-refractivity contribution in [3.63, 3.8) is 0 Å². The number of nitrogens with zero attached hydrogens (tertiary/aromatic N) is 6. The van der Waals surface area contributed by atoms with Crippen molar-refractivity contribution in [1.82, 2.24) is 20.2 Å². The molecule has 0 amide bonds. The van der Waals surface area contributed by atoms with Crippen LogP contribution in [0.2, 0.25) is 0 Å². The summed E-state index contributed by atoms with van der Waals surface area (Å²) < 4.78 is 1.75. The van der Waals surface area contributed by atoms with Crippen LogP contribution in [0.1, 0.15) is 5.56 Å². The van der Waals surface area contributed by atoms with Crippen LogP contribution >= 0.6 is 0 Å². The van der Waals surface area contributed by atoms with Crippen LogP contribution in [0.5, 0.6) is 0 Å². The standard InChI is InChI=1S/C17H20N6/c1-21(2)16-11-7-8-14(12-16)13-22(3)17-18-19-20-23(17)15-9-5-4-6-10-15/h4-12H,13H2,1-3H3. The molecule has 0 unspecified atom stereocenters. The maximum Gasteiger partial charge on any atom is 0.250 e. The summed E-state index contributed by atoms with van der Waals surface area (Å²) in [4.78, 5) is 4.14. The maximum absolute atomic E-state index is 4.16. The van der Waals surface area contributed by atoms with Gasteiger partial charge in [-0.25, -0.2) is 0 Å². The summed E-state index contributed by atoms with van der Waals surface area (Å²) in [5, 5.41) is 12.1. The van der Waals surface area contributed by atoms with E-state index in [1.165, 1.54) is 11.3 Å². The van der Waals surface area contributed by atoms with Crippen LogP contribution in [0.3, 0.4) is 0 Å². The van der Waals surface area contributed by atoms with E-state index < -0.39 is 0 Å². The quantitative estimate of drug-likeness (QED) is 0.724. The number of hydrogen-bond donors (Lipinski definition) is 0. The third-order valence-electron chi connectivity index (χ3n) is 3.64. The first kappa shape index (κ1) is 15.0. The van der Waals surface area contributed by atoms with Crippen molar-refractivity contribution in [1.29, 1.82) is 0 Å². The van der Waals surface area contributed by atoms with E-state index in [9.17, 15) is 0 Å². The third-order valence-corrected chi connectivity index (χ3v) is 3.64. The lowest BCUT2D eigenvalue weighted by atomic mass is 10.2. The van der Waals surface area contributed by atoms with Crippen LogP contribution in [-0.4, -0.2) is 41.4 Å². The monoisotopic (exact) mass is 308 g/mol. The minimum atomic E-state index is 0.714. The summed E-state index contributed by atoms with van der Waals surface area (Å²) in [6.07, 6.45) is 0. The van der Waals surface area contributed by atoms with Crippen molar-refractivity contribution in [3.05, 3.63) is 60.2 Å². The molecule has 0 radical (unpaired) electrons. The summed E-state index contributed by atoms with van der Waals surface area (Å²) in [7, 11) is 6.07. The average Bonchev–Trinajstić information content (AvgIpc) is 3.05. The molecule has 6 nitrogen and oxygen atoms in total. The molecule has 3 rings (SSSR count). The molecule has 118 valence electrons. The van der Waals surface area contributed by atoms with Crippen LogP contribution in [0.15, 0.2) is 54.6 Å². The second-order valence-corrected chi connectivity index (χ2v) is 5.65. The van der Waals surface area contributed by atoms with Gasteiger partial charge < -0.3 is 9.80 Å². The van der Waals surface area contributed by atoms with E-state index in [1.807, 2.05) is 56.4 Å². The molecular formula is C17H20N6. The fourth-order valence-electron chi connectivity index (χ4n) is 2.43. The first-order chi connectivity index (χ1) is 11.1. The van der Waals surface area contributed by atoms with Crippen molar-refractivity contribution >= 4 is 11.6 Å². The lowest BCUT2D eigenvalue weighted by Crippen LogP contribution is -2.21. The van der Waals surface area contributed by atoms with Crippen LogP contribution in [0.25, 0.3) is 5.69 Å². The maximum atomic E-state index is 4.16. The fourth-order valence-corrected chi connectivity index (χ4v) is 2.43. The Morgan fingerprint density at radius 3 is 2.48 bits per heavy atom. The second-order valence-electron chi connectivity index (χ2n) is 5.65. The van der Waals surface area contributed by atoms with Gasteiger partial charge in [0.05, 0.1) is 5.69 Å². The molecule has 6 heteroatoms. The number of rotatable bonds is 5. The predicted molar refractivity (Wildman–Crippen MR) is 92.0 cm³/mol. The molecule has 0 aliphatic carbocycles. The van der Waals surface area contributed by atoms with Crippen molar-refractivity contribution in [2.24, 2.45) is 0 Å². The molecule has 3 aromatic rings. The van der Waals surface area contributed by atoms with Gasteiger partial charge in [0.25, 0.3) is 0 Å². The van der Waals surface area contributed by atoms with E-state index in [1.54, 1.807) is 4.68 Å². The molecule has 1 heterocycles. The van der Waals surface area contributed by atoms with E-state index in [-0.39, 0.29) is 0 Å². The van der Waals surface area contributed by atoms with Gasteiger partial charge in [0, 0.05) is 33.4 Å². The molecule has 0 saturated heterocycles. The largest absolute Gasteiger partial charge is 0.378 e. The Morgan fingerprint density at radius 2 is 1.74 bits per heavy atom. The summed E-state index contributed by atoms with van der Waals surface area (Å²) in [6, 6.07) is 18.3. The first-order valence-electron chi connectivity index (χ1n) is 7.46. The van der Waals surface area contributed by atoms with E-state index in [4.69, 9.17) is 0 Å². The lowest BCUT2D eigenvalue weighted by Gasteiger charge is -2.19. The third kappa shape index (κ3) is 3.31. The van der Waals surface area contributed by atoms with Crippen molar-refractivity contribution in [2.75, 3.05) is 30.9 Å². The summed E-state index contributed by atoms with van der Waals surface area (Å²) in [5.74, 6) is 0.714. The SMILES string of the molecule is CN(C)c1cccc(CN(C)c2nnnn2-c2ccccc2)c1. The van der Waals surface area contributed by atoms with E-state index in [2.05, 4.69) is 44.7 Å². The Labute approximate surface area is 136 Å². The zero-order valence-electron chi connectivity index (χ0n) is 13.6. The van der Waals surface area contributed by atoms with Gasteiger partial charge in [0.2, 0.25) is 5.95 Å². The summed E-state index contributed by atoms with van der Waals surface area (Å²) in [6.45, 7) is 0.731. The number of benzene rings is 2. The summed E-state index contributed by atoms with van der Waals surface area (Å²) >= 11 is 0. The zero-order valence-corrected chi connectivity index (χ0v) is 13.6. The molecule has 0 aliphatic rings. The molecule has 2 aromatic carbocycles. The summed E-state index contributed by atoms with van der Waals surface area (Å²) in [5.41, 5.74) is 3.33. The van der Waals surface area contributed by atoms with Crippen LogP contribution in [0.4, 0.5) is 11.6 Å². The second kappa shape index (κ2) is 6.48. The molecule has 0 atom stereocenters. The van der Waals surface area contributed by atoms with Crippen LogP contribution in [-0.2, 0) is 6.54 Å². The van der Waals surface area contributed by atoms with Gasteiger partial charge in [-0.05, 0) is 40.3 Å². The molecule has 0 saturated carbocycles. The Morgan fingerprint density at radius 1 is 0.957 bits per heavy atom. The highest BCUT2D eigenvalue weighted by atomic mass is 15.6. The predicted octanol–water partition coefficient (Wildman–Crippen LogP) is 2.36. The molecule has 1 aromatic heterocycles. The van der Waals surface area contributed by atoms with E-state index in [0.717, 1.165) is 12.2 Å². The number of hydrogen-bond acceptors (Lipinski definition) is 5. The molecule has 0 fully saturated rings. The van der Waals surface area contributed by atoms with Gasteiger partial charge in [0.1, 0.15) is 0 Å². The van der Waals surface area contributed by atoms with Gasteiger partial charge >= 0.3 is 0 Å². The lowest BCUT2D eigenvalue weighted by molar-refractivity contribution is 0.771. The molecule has 0 spiro atoms. The van der Waals surface area contributed by atoms with Crippen LogP contribution in [0, 0.1) is 0 Å². The van der Waals surface area contributed by atoms with Crippen molar-refractivity contribution in [3.8, 4) is 5.69 Å². The molecule has 0 bridgehead atoms. The molecular weight excluding hydrogens is 288 g/mol. The molecule has 23 heavy (non-hydrogen) atoms. The van der Waals surface area contributed by atoms with Crippen LogP contribution < -0.4 is 9.80 Å². The molecule has 0 N–H and O–H groups in total. The van der Waals surface area contributed by atoms with Gasteiger partial charge in [-0.2, -0.15) is 4.68 Å². The minimum Gasteiger partial charge on any atom is -0.378 e. The average molecular weight is 308 g/mol. The molecule has 0 aliphatic heterocycles. The Kier molecular flexibility index (Phi) is 4.23. The van der Waals surface area contributed by atoms with Crippen molar-refractivity contribution < 1.29 is 0 Å². The van der Waals surface area contributed by atoms with Crippen molar-refractivity contribution in [2.45, 2.75) is 6.54 Å². The first-order valence-corrected chi connectivity index (χ1v) is 7.46. The highest BCUT2D eigenvalue weighted by Crippen LogP contribution is 2.18. The normalized spacial score (nSPS) is 10.6. The van der Waals surface area contributed by atoms with E-state index in [0.29, 0.717) is 5.95 Å². The minimum absolute atomic E-state index is 0.714. The van der Waals surface area contributed by atoms with E-state index >= 15 is 0 Å². The van der Waals surface area contributed by atoms with Gasteiger partial charge in [0.15, 0.2) is 0 Å². The Balaban J connectivity index is 1.84. The van der Waals surface area contributed by atoms with Gasteiger partial charge in [-0.3, -0.25) is 0 Å². The Hall–Kier alpha value is -2.89. The fraction of sp³-hybridized carbons (Fsp3) is 0.235. The zero-order chi connectivity index (χ0) is 16.2. The Bertz CT molecular complexity index is 766. The smallest absolute Gasteiger partial charge is 0.250 e. The van der Waals surface area contributed by atoms with Gasteiger partial charge in [-0.15, -0.1) is 0 Å².